The van der Waals surface area contributed by atoms with Crippen molar-refractivity contribution in [1.82, 2.24) is 10.2 Å². The SMILES string of the molecule is O=C(O)c1cccc(C(=O)N2CCC(NC(=O)C3CCCCC3)CC2)c1. The van der Waals surface area contributed by atoms with Crippen molar-refractivity contribution in [2.75, 3.05) is 13.1 Å². The number of benzene rings is 1. The van der Waals surface area contributed by atoms with Gasteiger partial charge in [-0.3, -0.25) is 9.59 Å². The molecule has 140 valence electrons. The summed E-state index contributed by atoms with van der Waals surface area (Å²) >= 11 is 0. The number of nitrogens with one attached hydrogen (secondary N) is 1. The minimum atomic E-state index is -1.04. The molecule has 2 fully saturated rings. The van der Waals surface area contributed by atoms with E-state index in [9.17, 15) is 14.4 Å². The molecule has 1 aliphatic carbocycles. The molecule has 2 aliphatic rings. The topological polar surface area (TPSA) is 86.7 Å². The van der Waals surface area contributed by atoms with E-state index >= 15 is 0 Å². The van der Waals surface area contributed by atoms with Crippen LogP contribution in [0.2, 0.25) is 0 Å². The summed E-state index contributed by atoms with van der Waals surface area (Å²) in [6, 6.07) is 6.26. The number of carbonyl (C=O) groups excluding carboxylic acids is 2. The lowest BCUT2D eigenvalue weighted by atomic mass is 9.88. The van der Waals surface area contributed by atoms with Gasteiger partial charge in [-0.25, -0.2) is 4.79 Å². The van der Waals surface area contributed by atoms with Crippen LogP contribution < -0.4 is 5.32 Å². The Bertz CT molecular complexity index is 674. The number of carbonyl (C=O) groups is 3. The Morgan fingerprint density at radius 2 is 1.62 bits per heavy atom. The normalized spacial score (nSPS) is 19.2. The number of carboxylic acid groups (broad SMARTS) is 1. The van der Waals surface area contributed by atoms with Gasteiger partial charge in [0.2, 0.25) is 5.91 Å². The quantitative estimate of drug-likeness (QED) is 0.866. The highest BCUT2D eigenvalue weighted by Crippen LogP contribution is 2.24. The molecule has 2 amide bonds. The van der Waals surface area contributed by atoms with Gasteiger partial charge >= 0.3 is 5.97 Å². The third-order valence-electron chi connectivity index (χ3n) is 5.46. The van der Waals surface area contributed by atoms with E-state index in [1.165, 1.54) is 18.6 Å². The molecule has 1 heterocycles. The maximum atomic E-state index is 12.6. The summed E-state index contributed by atoms with van der Waals surface area (Å²) in [6.07, 6.45) is 6.96. The number of amides is 2. The van der Waals surface area contributed by atoms with E-state index in [0.717, 1.165) is 38.5 Å². The van der Waals surface area contributed by atoms with Crippen molar-refractivity contribution in [2.45, 2.75) is 51.0 Å². The zero-order valence-electron chi connectivity index (χ0n) is 14.9. The summed E-state index contributed by atoms with van der Waals surface area (Å²) in [4.78, 5) is 37.8. The van der Waals surface area contributed by atoms with Crippen LogP contribution in [0.5, 0.6) is 0 Å². The molecule has 0 spiro atoms. The number of hydrogen-bond acceptors (Lipinski definition) is 3. The fourth-order valence-electron chi connectivity index (χ4n) is 3.88. The molecule has 0 bridgehead atoms. The second-order valence-corrected chi connectivity index (χ2v) is 7.30. The minimum absolute atomic E-state index is 0.116. The first-order chi connectivity index (χ1) is 12.5. The monoisotopic (exact) mass is 358 g/mol. The lowest BCUT2D eigenvalue weighted by Gasteiger charge is -2.33. The zero-order valence-corrected chi connectivity index (χ0v) is 14.9. The van der Waals surface area contributed by atoms with Crippen molar-refractivity contribution in [2.24, 2.45) is 5.92 Å². The lowest BCUT2D eigenvalue weighted by molar-refractivity contribution is -0.126. The molecule has 1 saturated heterocycles. The predicted molar refractivity (Wildman–Crippen MR) is 97.0 cm³/mol. The van der Waals surface area contributed by atoms with Gasteiger partial charge in [-0.15, -0.1) is 0 Å². The molecule has 3 rings (SSSR count). The molecule has 0 aromatic heterocycles. The Labute approximate surface area is 153 Å². The van der Waals surface area contributed by atoms with Crippen LogP contribution in [0.15, 0.2) is 24.3 Å². The van der Waals surface area contributed by atoms with Crippen molar-refractivity contribution in [3.05, 3.63) is 35.4 Å². The van der Waals surface area contributed by atoms with Crippen molar-refractivity contribution in [3.8, 4) is 0 Å². The smallest absolute Gasteiger partial charge is 0.335 e. The average Bonchev–Trinajstić information content (AvgIpc) is 2.68. The van der Waals surface area contributed by atoms with Gasteiger partial charge in [0.1, 0.15) is 0 Å². The largest absolute Gasteiger partial charge is 0.478 e. The number of piperidine rings is 1. The third kappa shape index (κ3) is 4.42. The molecule has 1 aliphatic heterocycles. The predicted octanol–water partition coefficient (Wildman–Crippen LogP) is 2.69. The first-order valence-electron chi connectivity index (χ1n) is 9.47. The van der Waals surface area contributed by atoms with Gasteiger partial charge in [0.15, 0.2) is 0 Å². The summed E-state index contributed by atoms with van der Waals surface area (Å²) in [5.74, 6) is -0.861. The van der Waals surface area contributed by atoms with Crippen LogP contribution in [0.4, 0.5) is 0 Å². The Kier molecular flexibility index (Phi) is 5.91. The molecule has 1 aromatic rings. The van der Waals surface area contributed by atoms with Crippen molar-refractivity contribution in [1.29, 1.82) is 0 Å². The maximum Gasteiger partial charge on any atom is 0.335 e. The zero-order chi connectivity index (χ0) is 18.5. The number of aromatic carboxylic acids is 1. The fraction of sp³-hybridized carbons (Fsp3) is 0.550. The Hall–Kier alpha value is -2.37. The molecular formula is C20H26N2O4. The van der Waals surface area contributed by atoms with Crippen LogP contribution in [0.3, 0.4) is 0 Å². The van der Waals surface area contributed by atoms with Crippen LogP contribution in [0.1, 0.15) is 65.7 Å². The van der Waals surface area contributed by atoms with Gasteiger partial charge in [-0.2, -0.15) is 0 Å². The lowest BCUT2D eigenvalue weighted by Crippen LogP contribution is -2.48. The van der Waals surface area contributed by atoms with E-state index in [1.54, 1.807) is 17.0 Å². The van der Waals surface area contributed by atoms with E-state index in [4.69, 9.17) is 5.11 Å². The molecule has 6 heteroatoms. The van der Waals surface area contributed by atoms with Gasteiger partial charge in [-0.1, -0.05) is 25.3 Å². The summed E-state index contributed by atoms with van der Waals surface area (Å²) < 4.78 is 0. The third-order valence-corrected chi connectivity index (χ3v) is 5.46. The van der Waals surface area contributed by atoms with Crippen molar-refractivity contribution in [3.63, 3.8) is 0 Å². The molecule has 0 radical (unpaired) electrons. The van der Waals surface area contributed by atoms with E-state index in [2.05, 4.69) is 5.32 Å². The maximum absolute atomic E-state index is 12.6. The van der Waals surface area contributed by atoms with Crippen molar-refractivity contribution < 1.29 is 19.5 Å². The fourth-order valence-corrected chi connectivity index (χ4v) is 3.88. The van der Waals surface area contributed by atoms with Gasteiger partial charge in [0, 0.05) is 30.6 Å². The Morgan fingerprint density at radius 3 is 2.27 bits per heavy atom. The highest BCUT2D eigenvalue weighted by molar-refractivity contribution is 5.97. The van der Waals surface area contributed by atoms with E-state index in [-0.39, 0.29) is 29.3 Å². The van der Waals surface area contributed by atoms with E-state index in [0.29, 0.717) is 18.7 Å². The number of hydrogen-bond donors (Lipinski definition) is 2. The molecule has 0 unspecified atom stereocenters. The molecular weight excluding hydrogens is 332 g/mol. The summed E-state index contributed by atoms with van der Waals surface area (Å²) in [5.41, 5.74) is 0.514. The highest BCUT2D eigenvalue weighted by Gasteiger charge is 2.27. The molecule has 2 N–H and O–H groups in total. The summed E-state index contributed by atoms with van der Waals surface area (Å²) in [7, 11) is 0. The van der Waals surface area contributed by atoms with Crippen molar-refractivity contribution >= 4 is 17.8 Å². The Balaban J connectivity index is 1.51. The van der Waals surface area contributed by atoms with Crippen LogP contribution in [0, 0.1) is 5.92 Å². The van der Waals surface area contributed by atoms with Crippen LogP contribution in [0.25, 0.3) is 0 Å². The number of carboxylic acids is 1. The molecule has 6 nitrogen and oxygen atoms in total. The standard InChI is InChI=1S/C20H26N2O4/c23-18(14-5-2-1-3-6-14)21-17-9-11-22(12-10-17)19(24)15-7-4-8-16(13-15)20(25)26/h4,7-8,13-14,17H,1-3,5-6,9-12H2,(H,21,23)(H,25,26). The summed E-state index contributed by atoms with van der Waals surface area (Å²) in [5, 5.41) is 12.2. The minimum Gasteiger partial charge on any atom is -0.478 e. The average molecular weight is 358 g/mol. The van der Waals surface area contributed by atoms with E-state index < -0.39 is 5.97 Å². The highest BCUT2D eigenvalue weighted by atomic mass is 16.4. The van der Waals surface area contributed by atoms with Crippen LogP contribution in [-0.2, 0) is 4.79 Å². The Morgan fingerprint density at radius 1 is 0.962 bits per heavy atom. The van der Waals surface area contributed by atoms with Crippen LogP contribution in [-0.4, -0.2) is 46.9 Å². The van der Waals surface area contributed by atoms with Crippen LogP contribution >= 0.6 is 0 Å². The number of rotatable bonds is 4. The molecule has 1 saturated carbocycles. The molecule has 26 heavy (non-hydrogen) atoms. The molecule has 1 aromatic carbocycles. The van der Waals surface area contributed by atoms with Gasteiger partial charge in [-0.05, 0) is 43.9 Å². The van der Waals surface area contributed by atoms with Gasteiger partial charge in [0.05, 0.1) is 5.56 Å². The first kappa shape index (κ1) is 18.4. The second kappa shape index (κ2) is 8.34. The molecule has 0 atom stereocenters. The van der Waals surface area contributed by atoms with Gasteiger partial charge in [0.25, 0.3) is 5.91 Å². The van der Waals surface area contributed by atoms with E-state index in [1.807, 2.05) is 0 Å². The summed E-state index contributed by atoms with van der Waals surface area (Å²) in [6.45, 7) is 1.15. The number of likely N-dealkylation sites (tertiary alicyclic amines) is 1. The van der Waals surface area contributed by atoms with Gasteiger partial charge < -0.3 is 15.3 Å². The second-order valence-electron chi connectivity index (χ2n) is 7.30. The number of nitrogens with zero attached hydrogens (tertiary/aromatic N) is 1. The first-order valence-corrected chi connectivity index (χ1v) is 9.47.